The van der Waals surface area contributed by atoms with Crippen LogP contribution >= 0.6 is 22.9 Å². The van der Waals surface area contributed by atoms with Crippen LogP contribution < -0.4 is 5.32 Å². The number of hydrogen-bond donors (Lipinski definition) is 2. The first-order valence-corrected chi connectivity index (χ1v) is 7.56. The van der Waals surface area contributed by atoms with Gasteiger partial charge in [-0.2, -0.15) is 0 Å². The predicted molar refractivity (Wildman–Crippen MR) is 80.6 cm³/mol. The number of amides is 1. The van der Waals surface area contributed by atoms with E-state index in [1.807, 2.05) is 0 Å². The summed E-state index contributed by atoms with van der Waals surface area (Å²) in [6.45, 7) is 0.380. The lowest BCUT2D eigenvalue weighted by molar-refractivity contribution is -0.137. The average Bonchev–Trinajstić information content (AvgIpc) is 2.74. The topological polar surface area (TPSA) is 66.4 Å². The Morgan fingerprint density at radius 1 is 1.33 bits per heavy atom. The molecule has 2 aromatic rings. The SMILES string of the molecule is O=C(O)CCCCNC(=O)c1sc2cc(F)ccc2c1Cl. The van der Waals surface area contributed by atoms with E-state index in [4.69, 9.17) is 16.7 Å². The zero-order chi connectivity index (χ0) is 15.4. The average molecular weight is 330 g/mol. The largest absolute Gasteiger partial charge is 0.481 e. The maximum Gasteiger partial charge on any atom is 0.303 e. The molecule has 0 bridgehead atoms. The van der Waals surface area contributed by atoms with Crippen LogP contribution in [0.25, 0.3) is 10.1 Å². The molecule has 1 aromatic heterocycles. The van der Waals surface area contributed by atoms with Gasteiger partial charge in [-0.15, -0.1) is 11.3 Å². The van der Waals surface area contributed by atoms with Gasteiger partial charge < -0.3 is 10.4 Å². The van der Waals surface area contributed by atoms with Gasteiger partial charge in [0.25, 0.3) is 5.91 Å². The Morgan fingerprint density at radius 2 is 2.10 bits per heavy atom. The molecule has 0 fully saturated rings. The highest BCUT2D eigenvalue weighted by Crippen LogP contribution is 2.35. The summed E-state index contributed by atoms with van der Waals surface area (Å²) in [5.41, 5.74) is 0. The van der Waals surface area contributed by atoms with E-state index in [1.165, 1.54) is 12.1 Å². The highest BCUT2D eigenvalue weighted by atomic mass is 35.5. The quantitative estimate of drug-likeness (QED) is 0.794. The van der Waals surface area contributed by atoms with Gasteiger partial charge in [0, 0.05) is 23.1 Å². The molecule has 0 saturated heterocycles. The van der Waals surface area contributed by atoms with E-state index >= 15 is 0 Å². The minimum Gasteiger partial charge on any atom is -0.481 e. The van der Waals surface area contributed by atoms with E-state index in [9.17, 15) is 14.0 Å². The van der Waals surface area contributed by atoms with Crippen molar-refractivity contribution in [2.45, 2.75) is 19.3 Å². The molecule has 2 N–H and O–H groups in total. The minimum atomic E-state index is -0.851. The van der Waals surface area contributed by atoms with Gasteiger partial charge in [-0.25, -0.2) is 4.39 Å². The van der Waals surface area contributed by atoms with Crippen molar-refractivity contribution in [2.75, 3.05) is 6.54 Å². The van der Waals surface area contributed by atoms with E-state index in [0.717, 1.165) is 11.3 Å². The van der Waals surface area contributed by atoms with Crippen molar-refractivity contribution < 1.29 is 19.1 Å². The Hall–Kier alpha value is -1.66. The van der Waals surface area contributed by atoms with Gasteiger partial charge in [-0.05, 0) is 31.0 Å². The van der Waals surface area contributed by atoms with Crippen molar-refractivity contribution >= 4 is 44.9 Å². The standard InChI is InChI=1S/C14H13ClFNO3S/c15-12-9-5-4-8(16)7-10(9)21-13(12)14(20)17-6-2-1-3-11(18)19/h4-5,7H,1-3,6H2,(H,17,20)(H,18,19). The second kappa shape index (κ2) is 6.87. The van der Waals surface area contributed by atoms with Crippen molar-refractivity contribution in [3.8, 4) is 0 Å². The van der Waals surface area contributed by atoms with Crippen LogP contribution in [0.1, 0.15) is 28.9 Å². The number of carbonyl (C=O) groups is 2. The van der Waals surface area contributed by atoms with Crippen LogP contribution in [-0.4, -0.2) is 23.5 Å². The molecule has 1 heterocycles. The lowest BCUT2D eigenvalue weighted by Crippen LogP contribution is -2.23. The van der Waals surface area contributed by atoms with Crippen molar-refractivity contribution in [2.24, 2.45) is 0 Å². The van der Waals surface area contributed by atoms with Crippen LogP contribution in [0.2, 0.25) is 5.02 Å². The monoisotopic (exact) mass is 329 g/mol. The van der Waals surface area contributed by atoms with Crippen LogP contribution in [-0.2, 0) is 4.79 Å². The molecule has 0 aliphatic rings. The summed E-state index contributed by atoms with van der Waals surface area (Å²) in [6.07, 6.45) is 1.16. The van der Waals surface area contributed by atoms with Gasteiger partial charge in [0.1, 0.15) is 10.7 Å². The molecule has 0 aliphatic heterocycles. The van der Waals surface area contributed by atoms with Gasteiger partial charge in [0.05, 0.1) is 5.02 Å². The normalized spacial score (nSPS) is 10.8. The molecule has 0 radical (unpaired) electrons. The second-order valence-electron chi connectivity index (χ2n) is 4.49. The van der Waals surface area contributed by atoms with E-state index in [2.05, 4.69) is 5.32 Å². The molecule has 21 heavy (non-hydrogen) atoms. The summed E-state index contributed by atoms with van der Waals surface area (Å²) in [6, 6.07) is 4.19. The fourth-order valence-corrected chi connectivity index (χ4v) is 3.33. The first-order valence-electron chi connectivity index (χ1n) is 6.36. The van der Waals surface area contributed by atoms with Gasteiger partial charge in [-0.1, -0.05) is 11.6 Å². The fourth-order valence-electron chi connectivity index (χ4n) is 1.87. The number of halogens is 2. The number of hydrogen-bond acceptors (Lipinski definition) is 3. The predicted octanol–water partition coefficient (Wildman–Crippen LogP) is 3.68. The van der Waals surface area contributed by atoms with Gasteiger partial charge in [-0.3, -0.25) is 9.59 Å². The summed E-state index contributed by atoms with van der Waals surface area (Å²) in [5.74, 6) is -1.55. The maximum atomic E-state index is 13.1. The molecule has 0 saturated carbocycles. The van der Waals surface area contributed by atoms with Crippen LogP contribution in [0.15, 0.2) is 18.2 Å². The molecule has 7 heteroatoms. The van der Waals surface area contributed by atoms with E-state index in [1.54, 1.807) is 6.07 Å². The maximum absolute atomic E-state index is 13.1. The van der Waals surface area contributed by atoms with Crippen LogP contribution in [0, 0.1) is 5.82 Å². The van der Waals surface area contributed by atoms with Crippen molar-refractivity contribution in [3.05, 3.63) is 33.9 Å². The summed E-state index contributed by atoms with van der Waals surface area (Å²) in [7, 11) is 0. The molecule has 112 valence electrons. The number of thiophene rings is 1. The molecule has 0 spiro atoms. The van der Waals surface area contributed by atoms with Gasteiger partial charge >= 0.3 is 5.97 Å². The van der Waals surface area contributed by atoms with Crippen LogP contribution in [0.3, 0.4) is 0 Å². The van der Waals surface area contributed by atoms with Gasteiger partial charge in [0.15, 0.2) is 0 Å². The fraction of sp³-hybridized carbons (Fsp3) is 0.286. The smallest absolute Gasteiger partial charge is 0.303 e. The second-order valence-corrected chi connectivity index (χ2v) is 5.92. The number of carboxylic acids is 1. The Labute approximate surface area is 129 Å². The first-order chi connectivity index (χ1) is 9.99. The summed E-state index contributed by atoms with van der Waals surface area (Å²) in [5, 5.41) is 12.2. The zero-order valence-corrected chi connectivity index (χ0v) is 12.6. The number of nitrogens with one attached hydrogen (secondary N) is 1. The lowest BCUT2D eigenvalue weighted by Gasteiger charge is -2.03. The molecule has 0 unspecified atom stereocenters. The highest BCUT2D eigenvalue weighted by molar-refractivity contribution is 7.21. The number of aliphatic carboxylic acids is 1. The third kappa shape index (κ3) is 3.92. The Kier molecular flexibility index (Phi) is 5.14. The Morgan fingerprint density at radius 3 is 2.81 bits per heavy atom. The molecular weight excluding hydrogens is 317 g/mol. The molecule has 4 nitrogen and oxygen atoms in total. The summed E-state index contributed by atoms with van der Waals surface area (Å²) >= 11 is 7.27. The number of carbonyl (C=O) groups excluding carboxylic acids is 1. The third-order valence-corrected chi connectivity index (χ3v) is 4.56. The number of carboxylic acid groups (broad SMARTS) is 1. The molecule has 0 atom stereocenters. The molecule has 1 amide bonds. The van der Waals surface area contributed by atoms with E-state index in [-0.39, 0.29) is 18.1 Å². The molecule has 2 rings (SSSR count). The molecule has 1 aromatic carbocycles. The van der Waals surface area contributed by atoms with Crippen molar-refractivity contribution in [3.63, 3.8) is 0 Å². The lowest BCUT2D eigenvalue weighted by atomic mass is 10.2. The van der Waals surface area contributed by atoms with Crippen LogP contribution in [0.4, 0.5) is 4.39 Å². The number of benzene rings is 1. The Balaban J connectivity index is 1.99. The molecule has 0 aliphatic carbocycles. The number of unbranched alkanes of at least 4 members (excludes halogenated alkanes) is 1. The Bertz CT molecular complexity index is 686. The summed E-state index contributed by atoms with van der Waals surface area (Å²) < 4.78 is 13.8. The number of fused-ring (bicyclic) bond motifs is 1. The van der Waals surface area contributed by atoms with Crippen LogP contribution in [0.5, 0.6) is 0 Å². The number of rotatable bonds is 6. The highest BCUT2D eigenvalue weighted by Gasteiger charge is 2.17. The van der Waals surface area contributed by atoms with Gasteiger partial charge in [0.2, 0.25) is 0 Å². The third-order valence-electron chi connectivity index (χ3n) is 2.90. The first kappa shape index (κ1) is 15.7. The van der Waals surface area contributed by atoms with E-state index < -0.39 is 5.97 Å². The van der Waals surface area contributed by atoms with Crippen molar-refractivity contribution in [1.29, 1.82) is 0 Å². The van der Waals surface area contributed by atoms with Crippen molar-refractivity contribution in [1.82, 2.24) is 5.32 Å². The summed E-state index contributed by atoms with van der Waals surface area (Å²) in [4.78, 5) is 22.7. The van der Waals surface area contributed by atoms with E-state index in [0.29, 0.717) is 39.4 Å². The minimum absolute atomic E-state index is 0.0821. The molecular formula is C14H13ClFNO3S. The zero-order valence-electron chi connectivity index (χ0n) is 11.0.